The van der Waals surface area contributed by atoms with Gasteiger partial charge in [0.05, 0.1) is 7.11 Å². The van der Waals surface area contributed by atoms with Gasteiger partial charge in [-0.2, -0.15) is 0 Å². The molecule has 0 atom stereocenters. The Balaban J connectivity index is 1.87. The summed E-state index contributed by atoms with van der Waals surface area (Å²) in [5.41, 5.74) is 1.23. The first-order valence-electron chi connectivity index (χ1n) is 8.06. The van der Waals surface area contributed by atoms with Gasteiger partial charge in [-0.25, -0.2) is 0 Å². The highest BCUT2D eigenvalue weighted by molar-refractivity contribution is 5.42. The van der Waals surface area contributed by atoms with Gasteiger partial charge >= 0.3 is 0 Å². The molecule has 1 saturated heterocycles. The topological polar surface area (TPSA) is 33.7 Å². The van der Waals surface area contributed by atoms with E-state index in [0.29, 0.717) is 0 Å². The minimum atomic E-state index is 0.723. The van der Waals surface area contributed by atoms with E-state index in [1.54, 1.807) is 7.11 Å². The van der Waals surface area contributed by atoms with Crippen LogP contribution in [-0.2, 0) is 6.54 Å². The van der Waals surface area contributed by atoms with E-state index in [0.717, 1.165) is 37.7 Å². The van der Waals surface area contributed by atoms with Crippen LogP contribution in [0, 0.1) is 0 Å². The van der Waals surface area contributed by atoms with Crippen molar-refractivity contribution in [1.29, 1.82) is 0 Å². The van der Waals surface area contributed by atoms with Crippen molar-refractivity contribution in [2.24, 2.45) is 0 Å². The molecule has 0 spiro atoms. The van der Waals surface area contributed by atoms with Crippen molar-refractivity contribution in [2.75, 3.05) is 39.9 Å². The van der Waals surface area contributed by atoms with E-state index >= 15 is 0 Å². The number of methoxy groups -OCH3 is 1. The first-order valence-corrected chi connectivity index (χ1v) is 8.06. The highest BCUT2D eigenvalue weighted by Gasteiger charge is 2.11. The Kier molecular flexibility index (Phi) is 6.83. The number of hydrogen-bond donors (Lipinski definition) is 1. The number of piperidine rings is 1. The van der Waals surface area contributed by atoms with Crippen molar-refractivity contribution < 1.29 is 9.47 Å². The first-order chi connectivity index (χ1) is 10.3. The van der Waals surface area contributed by atoms with Gasteiger partial charge < -0.3 is 14.8 Å². The Morgan fingerprint density at radius 3 is 2.67 bits per heavy atom. The number of benzene rings is 1. The van der Waals surface area contributed by atoms with Gasteiger partial charge in [-0.1, -0.05) is 19.4 Å². The minimum absolute atomic E-state index is 0.723. The predicted octanol–water partition coefficient (Wildman–Crippen LogP) is 2.67. The van der Waals surface area contributed by atoms with E-state index < -0.39 is 0 Å². The fourth-order valence-corrected chi connectivity index (χ4v) is 2.68. The molecule has 0 unspecified atom stereocenters. The van der Waals surface area contributed by atoms with Crippen LogP contribution in [0.1, 0.15) is 31.7 Å². The third-order valence-corrected chi connectivity index (χ3v) is 3.92. The van der Waals surface area contributed by atoms with Gasteiger partial charge in [0.25, 0.3) is 0 Å². The highest BCUT2D eigenvalue weighted by Crippen LogP contribution is 2.28. The normalized spacial score (nSPS) is 15.9. The number of nitrogens with zero attached hydrogens (tertiary/aromatic N) is 1. The van der Waals surface area contributed by atoms with E-state index in [4.69, 9.17) is 9.47 Å². The van der Waals surface area contributed by atoms with E-state index in [2.05, 4.69) is 29.3 Å². The summed E-state index contributed by atoms with van der Waals surface area (Å²) in [5.74, 6) is 1.67. The van der Waals surface area contributed by atoms with Crippen LogP contribution < -0.4 is 14.8 Å². The molecule has 0 amide bonds. The molecule has 1 N–H and O–H groups in total. The second kappa shape index (κ2) is 8.90. The Morgan fingerprint density at radius 2 is 1.95 bits per heavy atom. The summed E-state index contributed by atoms with van der Waals surface area (Å²) < 4.78 is 11.3. The van der Waals surface area contributed by atoms with Crippen molar-refractivity contribution in [3.8, 4) is 11.5 Å². The lowest BCUT2D eigenvalue weighted by Gasteiger charge is -2.26. The lowest BCUT2D eigenvalue weighted by molar-refractivity contribution is 0.180. The molecule has 4 heteroatoms. The largest absolute Gasteiger partial charge is 0.493 e. The van der Waals surface area contributed by atoms with Gasteiger partial charge in [-0.05, 0) is 50.2 Å². The van der Waals surface area contributed by atoms with Gasteiger partial charge in [0.2, 0.25) is 0 Å². The van der Waals surface area contributed by atoms with Crippen LogP contribution in [0.5, 0.6) is 11.5 Å². The first kappa shape index (κ1) is 16.1. The van der Waals surface area contributed by atoms with Crippen LogP contribution in [0.4, 0.5) is 0 Å². The Morgan fingerprint density at radius 1 is 1.14 bits per heavy atom. The molecule has 118 valence electrons. The van der Waals surface area contributed by atoms with E-state index in [1.165, 1.54) is 37.9 Å². The Bertz CT molecular complexity index is 417. The quantitative estimate of drug-likeness (QED) is 0.799. The molecular formula is C17H28N2O2. The van der Waals surface area contributed by atoms with E-state index in [-0.39, 0.29) is 0 Å². The molecule has 0 saturated carbocycles. The summed E-state index contributed by atoms with van der Waals surface area (Å²) >= 11 is 0. The van der Waals surface area contributed by atoms with Crippen molar-refractivity contribution in [3.05, 3.63) is 23.8 Å². The molecule has 0 aromatic heterocycles. The smallest absolute Gasteiger partial charge is 0.161 e. The molecule has 4 nitrogen and oxygen atoms in total. The molecule has 1 heterocycles. The van der Waals surface area contributed by atoms with E-state index in [1.807, 2.05) is 6.07 Å². The second-order valence-corrected chi connectivity index (χ2v) is 5.52. The maximum Gasteiger partial charge on any atom is 0.161 e. The average molecular weight is 292 g/mol. The van der Waals surface area contributed by atoms with Crippen LogP contribution in [-0.4, -0.2) is 44.8 Å². The zero-order chi connectivity index (χ0) is 14.9. The SMILES string of the molecule is CCNCc1ccc(OC)c(OCCN2CCCCC2)c1. The molecule has 1 aromatic carbocycles. The van der Waals surface area contributed by atoms with Crippen molar-refractivity contribution >= 4 is 0 Å². The molecule has 1 fully saturated rings. The van der Waals surface area contributed by atoms with Crippen LogP contribution in [0.25, 0.3) is 0 Å². The number of hydrogen-bond acceptors (Lipinski definition) is 4. The molecule has 0 bridgehead atoms. The third kappa shape index (κ3) is 5.21. The number of likely N-dealkylation sites (tertiary alicyclic amines) is 1. The maximum atomic E-state index is 5.96. The van der Waals surface area contributed by atoms with Crippen LogP contribution in [0.2, 0.25) is 0 Å². The molecule has 1 aromatic rings. The fraction of sp³-hybridized carbons (Fsp3) is 0.647. The number of nitrogens with one attached hydrogen (secondary N) is 1. The Labute approximate surface area is 128 Å². The highest BCUT2D eigenvalue weighted by atomic mass is 16.5. The fourth-order valence-electron chi connectivity index (χ4n) is 2.68. The maximum absolute atomic E-state index is 5.96. The zero-order valence-corrected chi connectivity index (χ0v) is 13.4. The predicted molar refractivity (Wildman–Crippen MR) is 86.2 cm³/mol. The van der Waals surface area contributed by atoms with Gasteiger partial charge in [0, 0.05) is 13.1 Å². The molecular weight excluding hydrogens is 264 g/mol. The van der Waals surface area contributed by atoms with Gasteiger partial charge in [-0.3, -0.25) is 4.90 Å². The summed E-state index contributed by atoms with van der Waals surface area (Å²) in [6.45, 7) is 8.09. The van der Waals surface area contributed by atoms with Crippen LogP contribution in [0.15, 0.2) is 18.2 Å². The van der Waals surface area contributed by atoms with Gasteiger partial charge in [0.15, 0.2) is 11.5 Å². The summed E-state index contributed by atoms with van der Waals surface area (Å²) in [5, 5.41) is 3.33. The standard InChI is InChI=1S/C17H28N2O2/c1-3-18-14-15-7-8-16(20-2)17(13-15)21-12-11-19-9-5-4-6-10-19/h7-8,13,18H,3-6,9-12,14H2,1-2H3. The molecule has 0 radical (unpaired) electrons. The molecule has 21 heavy (non-hydrogen) atoms. The molecule has 2 rings (SSSR count). The Hall–Kier alpha value is -1.26. The van der Waals surface area contributed by atoms with Crippen LogP contribution >= 0.6 is 0 Å². The third-order valence-electron chi connectivity index (χ3n) is 3.92. The minimum Gasteiger partial charge on any atom is -0.493 e. The summed E-state index contributed by atoms with van der Waals surface area (Å²) in [6.07, 6.45) is 4.01. The lowest BCUT2D eigenvalue weighted by Crippen LogP contribution is -2.33. The lowest BCUT2D eigenvalue weighted by atomic mass is 10.1. The second-order valence-electron chi connectivity index (χ2n) is 5.52. The average Bonchev–Trinajstić information content (AvgIpc) is 2.54. The summed E-state index contributed by atoms with van der Waals surface area (Å²) in [6, 6.07) is 6.15. The molecule has 0 aliphatic carbocycles. The molecule has 1 aliphatic heterocycles. The van der Waals surface area contributed by atoms with Crippen molar-refractivity contribution in [1.82, 2.24) is 10.2 Å². The monoisotopic (exact) mass is 292 g/mol. The van der Waals surface area contributed by atoms with Crippen LogP contribution in [0.3, 0.4) is 0 Å². The van der Waals surface area contributed by atoms with Gasteiger partial charge in [0.1, 0.15) is 6.61 Å². The summed E-state index contributed by atoms with van der Waals surface area (Å²) in [4.78, 5) is 2.48. The van der Waals surface area contributed by atoms with Gasteiger partial charge in [-0.15, -0.1) is 0 Å². The zero-order valence-electron chi connectivity index (χ0n) is 13.4. The molecule has 1 aliphatic rings. The number of ether oxygens (including phenoxy) is 2. The summed E-state index contributed by atoms with van der Waals surface area (Å²) in [7, 11) is 1.69. The van der Waals surface area contributed by atoms with Crippen molar-refractivity contribution in [2.45, 2.75) is 32.7 Å². The number of rotatable bonds is 8. The van der Waals surface area contributed by atoms with Crippen molar-refractivity contribution in [3.63, 3.8) is 0 Å². The van der Waals surface area contributed by atoms with E-state index in [9.17, 15) is 0 Å².